The smallest absolute Gasteiger partial charge is 0.137 e. The van der Waals surface area contributed by atoms with Gasteiger partial charge in [0.05, 0.1) is 6.10 Å². The van der Waals surface area contributed by atoms with Gasteiger partial charge in [0.1, 0.15) is 5.60 Å². The Morgan fingerprint density at radius 2 is 1.75 bits per heavy atom. The summed E-state index contributed by atoms with van der Waals surface area (Å²) in [5.74, 6) is 0.00792. The Balaban J connectivity index is 2.02. The van der Waals surface area contributed by atoms with Gasteiger partial charge in [-0.2, -0.15) is 0 Å². The minimum Gasteiger partial charge on any atom is -0.392 e. The number of aliphatic hydroxyl groups is 2. The zero-order chi connectivity index (χ0) is 14.2. The van der Waals surface area contributed by atoms with Crippen LogP contribution >= 0.6 is 22.7 Å². The highest BCUT2D eigenvalue weighted by molar-refractivity contribution is 7.11. The van der Waals surface area contributed by atoms with E-state index in [9.17, 15) is 10.2 Å². The molecule has 0 bridgehead atoms. The molecular formula is C15H19NO2S2. The summed E-state index contributed by atoms with van der Waals surface area (Å²) >= 11 is 3.16. The molecule has 1 aliphatic rings. The highest BCUT2D eigenvalue weighted by Crippen LogP contribution is 2.44. The van der Waals surface area contributed by atoms with Crippen LogP contribution in [0.3, 0.4) is 0 Å². The Morgan fingerprint density at radius 3 is 2.20 bits per heavy atom. The maximum atomic E-state index is 11.5. The summed E-state index contributed by atoms with van der Waals surface area (Å²) in [5.41, 5.74) is -0.988. The molecule has 3 heterocycles. The first-order valence-electron chi connectivity index (χ1n) is 6.77. The van der Waals surface area contributed by atoms with E-state index in [2.05, 4.69) is 4.90 Å². The number of likely N-dealkylation sites (tertiary alicyclic amines) is 1. The highest BCUT2D eigenvalue weighted by atomic mass is 32.1. The Morgan fingerprint density at radius 1 is 1.15 bits per heavy atom. The number of likely N-dealkylation sites (N-methyl/N-ethyl adjacent to an activating group) is 1. The lowest BCUT2D eigenvalue weighted by Crippen LogP contribution is -2.49. The first-order valence-corrected chi connectivity index (χ1v) is 8.53. The third kappa shape index (κ3) is 2.44. The van der Waals surface area contributed by atoms with Crippen molar-refractivity contribution in [2.75, 3.05) is 20.1 Å². The number of hydrogen-bond donors (Lipinski definition) is 2. The molecule has 1 aliphatic heterocycles. The molecule has 2 aromatic rings. The molecule has 0 radical (unpaired) electrons. The van der Waals surface area contributed by atoms with E-state index in [1.807, 2.05) is 42.1 Å². The number of rotatable bonds is 3. The second-order valence-corrected chi connectivity index (χ2v) is 7.42. The van der Waals surface area contributed by atoms with Gasteiger partial charge < -0.3 is 15.1 Å². The summed E-state index contributed by atoms with van der Waals surface area (Å²) in [6.07, 6.45) is 0.265. The van der Waals surface area contributed by atoms with Crippen LogP contribution in [-0.2, 0) is 5.60 Å². The van der Waals surface area contributed by atoms with Crippen LogP contribution in [0.15, 0.2) is 35.0 Å². The molecule has 3 rings (SSSR count). The fourth-order valence-electron chi connectivity index (χ4n) is 3.11. The molecule has 0 saturated carbocycles. The predicted octanol–water partition coefficient (Wildman–Crippen LogP) is 2.36. The minimum atomic E-state index is -0.988. The molecule has 5 heteroatoms. The fourth-order valence-corrected chi connectivity index (χ4v) is 5.00. The Labute approximate surface area is 127 Å². The SMILES string of the molecule is CN1C[C@@H](O)C[C@@H](C(O)(c2cccs2)c2cccs2)C1. The van der Waals surface area contributed by atoms with Gasteiger partial charge >= 0.3 is 0 Å². The van der Waals surface area contributed by atoms with Gasteiger partial charge in [-0.25, -0.2) is 0 Å². The first kappa shape index (κ1) is 14.2. The second kappa shape index (κ2) is 5.58. The lowest BCUT2D eigenvalue weighted by Gasteiger charge is -2.42. The van der Waals surface area contributed by atoms with Crippen LogP contribution in [0, 0.1) is 5.92 Å². The summed E-state index contributed by atoms with van der Waals surface area (Å²) in [6, 6.07) is 7.93. The normalized spacial score (nSPS) is 24.9. The van der Waals surface area contributed by atoms with Crippen LogP contribution in [0.1, 0.15) is 16.2 Å². The van der Waals surface area contributed by atoms with Gasteiger partial charge in [-0.15, -0.1) is 22.7 Å². The van der Waals surface area contributed by atoms with Gasteiger partial charge in [-0.3, -0.25) is 0 Å². The molecule has 108 valence electrons. The highest BCUT2D eigenvalue weighted by Gasteiger charge is 2.44. The Bertz CT molecular complexity index is 494. The lowest BCUT2D eigenvalue weighted by molar-refractivity contribution is -0.0468. The monoisotopic (exact) mass is 309 g/mol. The van der Waals surface area contributed by atoms with Crippen molar-refractivity contribution in [1.29, 1.82) is 0 Å². The Kier molecular flexibility index (Phi) is 3.97. The average molecular weight is 309 g/mol. The maximum Gasteiger partial charge on any atom is 0.137 e. The number of hydrogen-bond acceptors (Lipinski definition) is 5. The average Bonchev–Trinajstić information content (AvgIpc) is 3.10. The second-order valence-electron chi connectivity index (χ2n) is 5.53. The molecule has 1 fully saturated rings. The van der Waals surface area contributed by atoms with Crippen molar-refractivity contribution in [1.82, 2.24) is 4.90 Å². The Hall–Kier alpha value is -0.720. The van der Waals surface area contributed by atoms with Crippen LogP contribution in [0.2, 0.25) is 0 Å². The van der Waals surface area contributed by atoms with Crippen LogP contribution < -0.4 is 0 Å². The number of thiophene rings is 2. The molecule has 1 saturated heterocycles. The molecule has 3 nitrogen and oxygen atoms in total. The van der Waals surface area contributed by atoms with E-state index in [-0.39, 0.29) is 12.0 Å². The fraction of sp³-hybridized carbons (Fsp3) is 0.467. The first-order chi connectivity index (χ1) is 9.60. The molecule has 2 N–H and O–H groups in total. The molecule has 0 amide bonds. The molecule has 0 aromatic carbocycles. The zero-order valence-corrected chi connectivity index (χ0v) is 13.0. The maximum absolute atomic E-state index is 11.5. The number of nitrogens with zero attached hydrogens (tertiary/aromatic N) is 1. The van der Waals surface area contributed by atoms with Gasteiger partial charge in [0.2, 0.25) is 0 Å². The van der Waals surface area contributed by atoms with Crippen molar-refractivity contribution in [2.24, 2.45) is 5.92 Å². The topological polar surface area (TPSA) is 43.7 Å². The number of aliphatic hydroxyl groups excluding tert-OH is 1. The van der Waals surface area contributed by atoms with Crippen LogP contribution in [-0.4, -0.2) is 41.4 Å². The number of β-amino-alcohol motifs (C(OH)–C–C–N with tert-alkyl or cyclic N) is 1. The molecule has 0 unspecified atom stereocenters. The molecule has 20 heavy (non-hydrogen) atoms. The van der Waals surface area contributed by atoms with E-state index in [4.69, 9.17) is 0 Å². The number of piperidine rings is 1. The minimum absolute atomic E-state index is 0.00792. The molecule has 0 aliphatic carbocycles. The van der Waals surface area contributed by atoms with Gasteiger partial charge in [0.15, 0.2) is 0 Å². The summed E-state index contributed by atoms with van der Waals surface area (Å²) in [7, 11) is 2.00. The van der Waals surface area contributed by atoms with E-state index in [1.165, 1.54) is 0 Å². The van der Waals surface area contributed by atoms with E-state index in [0.717, 1.165) is 16.3 Å². The van der Waals surface area contributed by atoms with Crippen molar-refractivity contribution in [3.05, 3.63) is 44.8 Å². The molecule has 2 atom stereocenters. The summed E-state index contributed by atoms with van der Waals surface area (Å²) in [6.45, 7) is 1.48. The predicted molar refractivity (Wildman–Crippen MR) is 83.2 cm³/mol. The summed E-state index contributed by atoms with van der Waals surface area (Å²) in [4.78, 5) is 4.03. The van der Waals surface area contributed by atoms with Gasteiger partial charge in [0, 0.05) is 28.8 Å². The van der Waals surface area contributed by atoms with Crippen molar-refractivity contribution in [3.8, 4) is 0 Å². The van der Waals surface area contributed by atoms with E-state index >= 15 is 0 Å². The van der Waals surface area contributed by atoms with Crippen LogP contribution in [0.25, 0.3) is 0 Å². The third-order valence-electron chi connectivity index (χ3n) is 4.00. The quantitative estimate of drug-likeness (QED) is 0.915. The molecular weight excluding hydrogens is 290 g/mol. The zero-order valence-electron chi connectivity index (χ0n) is 11.4. The standard InChI is InChI=1S/C15H19NO2S2/c1-16-9-11(8-12(17)10-16)15(18,13-4-2-6-19-13)14-5-3-7-20-14/h2-7,11-12,17-18H,8-10H2,1H3/t11-,12+/m1/s1. The van der Waals surface area contributed by atoms with Gasteiger partial charge in [0.25, 0.3) is 0 Å². The molecule has 2 aromatic heterocycles. The van der Waals surface area contributed by atoms with Crippen LogP contribution in [0.4, 0.5) is 0 Å². The summed E-state index contributed by atoms with van der Waals surface area (Å²) in [5, 5.41) is 25.5. The van der Waals surface area contributed by atoms with E-state index in [0.29, 0.717) is 13.0 Å². The van der Waals surface area contributed by atoms with Crippen molar-refractivity contribution < 1.29 is 10.2 Å². The largest absolute Gasteiger partial charge is 0.392 e. The summed E-state index contributed by atoms with van der Waals surface area (Å²) < 4.78 is 0. The third-order valence-corrected chi connectivity index (χ3v) is 5.98. The van der Waals surface area contributed by atoms with Gasteiger partial charge in [-0.1, -0.05) is 12.1 Å². The lowest BCUT2D eigenvalue weighted by atomic mass is 9.78. The van der Waals surface area contributed by atoms with Gasteiger partial charge in [-0.05, 0) is 36.4 Å². The van der Waals surface area contributed by atoms with Crippen LogP contribution in [0.5, 0.6) is 0 Å². The molecule has 0 spiro atoms. The van der Waals surface area contributed by atoms with E-state index in [1.54, 1.807) is 22.7 Å². The van der Waals surface area contributed by atoms with E-state index < -0.39 is 5.60 Å². The van der Waals surface area contributed by atoms with Crippen molar-refractivity contribution in [3.63, 3.8) is 0 Å². The van der Waals surface area contributed by atoms with Crippen molar-refractivity contribution >= 4 is 22.7 Å². The van der Waals surface area contributed by atoms with Crippen molar-refractivity contribution in [2.45, 2.75) is 18.1 Å².